The first-order valence-electron chi connectivity index (χ1n) is 6.18. The molecule has 2 nitrogen and oxygen atoms in total. The molecule has 1 aliphatic heterocycles. The largest absolute Gasteiger partial charge is 0.380 e. The number of ether oxygens (including phenoxy) is 1. The Morgan fingerprint density at radius 1 is 1.31 bits per heavy atom. The minimum atomic E-state index is 0.182. The molecule has 0 aliphatic carbocycles. The molecule has 1 aromatic rings. The SMILES string of the molecule is CCc1ccc(C2(CCN)CCOC2)cc1. The molecule has 2 N–H and O–H groups in total. The molecule has 1 heterocycles. The van der Waals surface area contributed by atoms with Gasteiger partial charge in [0.05, 0.1) is 6.61 Å². The highest BCUT2D eigenvalue weighted by Crippen LogP contribution is 2.36. The van der Waals surface area contributed by atoms with Crippen LogP contribution in [0.3, 0.4) is 0 Å². The molecular formula is C14H21NO. The van der Waals surface area contributed by atoms with E-state index >= 15 is 0 Å². The zero-order valence-corrected chi connectivity index (χ0v) is 10.0. The smallest absolute Gasteiger partial charge is 0.0564 e. The average Bonchev–Trinajstić information content (AvgIpc) is 2.80. The van der Waals surface area contributed by atoms with Gasteiger partial charge in [0.2, 0.25) is 0 Å². The van der Waals surface area contributed by atoms with Crippen LogP contribution >= 0.6 is 0 Å². The zero-order valence-electron chi connectivity index (χ0n) is 10.0. The highest BCUT2D eigenvalue weighted by molar-refractivity contribution is 5.30. The van der Waals surface area contributed by atoms with Crippen molar-refractivity contribution in [1.29, 1.82) is 0 Å². The fraction of sp³-hybridized carbons (Fsp3) is 0.571. The van der Waals surface area contributed by atoms with Gasteiger partial charge in [-0.1, -0.05) is 31.2 Å². The Morgan fingerprint density at radius 3 is 2.56 bits per heavy atom. The highest BCUT2D eigenvalue weighted by Gasteiger charge is 2.35. The van der Waals surface area contributed by atoms with Gasteiger partial charge in [0, 0.05) is 12.0 Å². The maximum absolute atomic E-state index is 5.73. The van der Waals surface area contributed by atoms with E-state index in [1.54, 1.807) is 0 Å². The molecular weight excluding hydrogens is 198 g/mol. The fourth-order valence-corrected chi connectivity index (χ4v) is 2.55. The first kappa shape index (κ1) is 11.6. The van der Waals surface area contributed by atoms with E-state index in [9.17, 15) is 0 Å². The summed E-state index contributed by atoms with van der Waals surface area (Å²) in [6.07, 6.45) is 3.23. The van der Waals surface area contributed by atoms with Crippen molar-refractivity contribution in [2.24, 2.45) is 5.73 Å². The quantitative estimate of drug-likeness (QED) is 0.843. The molecule has 1 aliphatic rings. The molecule has 0 amide bonds. The predicted molar refractivity (Wildman–Crippen MR) is 66.6 cm³/mol. The fourth-order valence-electron chi connectivity index (χ4n) is 2.55. The molecule has 1 fully saturated rings. The third-order valence-corrected chi connectivity index (χ3v) is 3.70. The van der Waals surface area contributed by atoms with Gasteiger partial charge >= 0.3 is 0 Å². The molecule has 0 radical (unpaired) electrons. The van der Waals surface area contributed by atoms with Gasteiger partial charge in [0.1, 0.15) is 0 Å². The van der Waals surface area contributed by atoms with Gasteiger partial charge in [-0.05, 0) is 36.9 Å². The molecule has 0 saturated carbocycles. The summed E-state index contributed by atoms with van der Waals surface area (Å²) in [5, 5.41) is 0. The Morgan fingerprint density at radius 2 is 2.06 bits per heavy atom. The van der Waals surface area contributed by atoms with E-state index in [4.69, 9.17) is 10.5 Å². The van der Waals surface area contributed by atoms with E-state index in [1.807, 2.05) is 0 Å². The van der Waals surface area contributed by atoms with E-state index in [0.29, 0.717) is 0 Å². The van der Waals surface area contributed by atoms with E-state index < -0.39 is 0 Å². The van der Waals surface area contributed by atoms with Gasteiger partial charge in [0.15, 0.2) is 0 Å². The third-order valence-electron chi connectivity index (χ3n) is 3.70. The van der Waals surface area contributed by atoms with Gasteiger partial charge in [-0.3, -0.25) is 0 Å². The van der Waals surface area contributed by atoms with E-state index in [1.165, 1.54) is 11.1 Å². The van der Waals surface area contributed by atoms with Crippen LogP contribution in [-0.4, -0.2) is 19.8 Å². The summed E-state index contributed by atoms with van der Waals surface area (Å²) >= 11 is 0. The Bertz CT molecular complexity index is 325. The van der Waals surface area contributed by atoms with Gasteiger partial charge < -0.3 is 10.5 Å². The molecule has 0 aromatic heterocycles. The molecule has 16 heavy (non-hydrogen) atoms. The maximum atomic E-state index is 5.73. The molecule has 1 saturated heterocycles. The van der Waals surface area contributed by atoms with E-state index in [-0.39, 0.29) is 5.41 Å². The molecule has 2 heteroatoms. The number of nitrogens with two attached hydrogens (primary N) is 1. The van der Waals surface area contributed by atoms with Gasteiger partial charge in [0.25, 0.3) is 0 Å². The number of hydrogen-bond donors (Lipinski definition) is 1. The molecule has 88 valence electrons. The summed E-state index contributed by atoms with van der Waals surface area (Å²) in [6.45, 7) is 4.62. The molecule has 1 atom stereocenters. The lowest BCUT2D eigenvalue weighted by molar-refractivity contribution is 0.175. The third kappa shape index (κ3) is 2.13. The van der Waals surface area contributed by atoms with Crippen LogP contribution in [0.15, 0.2) is 24.3 Å². The van der Waals surface area contributed by atoms with E-state index in [0.717, 1.165) is 39.0 Å². The van der Waals surface area contributed by atoms with Crippen LogP contribution in [0.2, 0.25) is 0 Å². The Hall–Kier alpha value is -0.860. The minimum absolute atomic E-state index is 0.182. The lowest BCUT2D eigenvalue weighted by Crippen LogP contribution is -2.29. The number of aryl methyl sites for hydroxylation is 1. The van der Waals surface area contributed by atoms with Crippen LogP contribution in [0.5, 0.6) is 0 Å². The summed E-state index contributed by atoms with van der Waals surface area (Å²) in [6, 6.07) is 8.96. The van der Waals surface area contributed by atoms with Crippen LogP contribution in [0.4, 0.5) is 0 Å². The Balaban J connectivity index is 2.24. The molecule has 1 unspecified atom stereocenters. The van der Waals surface area contributed by atoms with Crippen molar-refractivity contribution in [3.8, 4) is 0 Å². The second-order valence-corrected chi connectivity index (χ2v) is 4.67. The Kier molecular flexibility index (Phi) is 3.62. The minimum Gasteiger partial charge on any atom is -0.380 e. The first-order valence-corrected chi connectivity index (χ1v) is 6.18. The maximum Gasteiger partial charge on any atom is 0.0564 e. The van der Waals surface area contributed by atoms with Crippen LogP contribution in [0.25, 0.3) is 0 Å². The molecule has 0 bridgehead atoms. The van der Waals surface area contributed by atoms with Crippen LogP contribution in [0, 0.1) is 0 Å². The van der Waals surface area contributed by atoms with Crippen molar-refractivity contribution in [3.05, 3.63) is 35.4 Å². The average molecular weight is 219 g/mol. The van der Waals surface area contributed by atoms with E-state index in [2.05, 4.69) is 31.2 Å². The second kappa shape index (κ2) is 4.98. The van der Waals surface area contributed by atoms with Crippen molar-refractivity contribution in [1.82, 2.24) is 0 Å². The predicted octanol–water partition coefficient (Wildman–Crippen LogP) is 2.26. The van der Waals surface area contributed by atoms with Crippen molar-refractivity contribution in [3.63, 3.8) is 0 Å². The lowest BCUT2D eigenvalue weighted by Gasteiger charge is -2.27. The van der Waals surface area contributed by atoms with Crippen molar-refractivity contribution < 1.29 is 4.74 Å². The summed E-state index contributed by atoms with van der Waals surface area (Å²) in [4.78, 5) is 0. The van der Waals surface area contributed by atoms with Gasteiger partial charge in [-0.25, -0.2) is 0 Å². The molecule has 2 rings (SSSR count). The Labute approximate surface area is 97.8 Å². The summed E-state index contributed by atoms with van der Waals surface area (Å²) in [7, 11) is 0. The van der Waals surface area contributed by atoms with Crippen molar-refractivity contribution in [2.45, 2.75) is 31.6 Å². The highest BCUT2D eigenvalue weighted by atomic mass is 16.5. The van der Waals surface area contributed by atoms with Crippen LogP contribution < -0.4 is 5.73 Å². The van der Waals surface area contributed by atoms with Gasteiger partial charge in [-0.15, -0.1) is 0 Å². The summed E-state index contributed by atoms with van der Waals surface area (Å²) in [5.74, 6) is 0. The lowest BCUT2D eigenvalue weighted by atomic mass is 9.77. The normalized spacial score (nSPS) is 24.9. The molecule has 0 spiro atoms. The van der Waals surface area contributed by atoms with Crippen molar-refractivity contribution >= 4 is 0 Å². The monoisotopic (exact) mass is 219 g/mol. The number of hydrogen-bond acceptors (Lipinski definition) is 2. The summed E-state index contributed by atoms with van der Waals surface area (Å²) in [5.41, 5.74) is 8.70. The van der Waals surface area contributed by atoms with Crippen molar-refractivity contribution in [2.75, 3.05) is 19.8 Å². The molecule has 1 aromatic carbocycles. The number of rotatable bonds is 4. The second-order valence-electron chi connectivity index (χ2n) is 4.67. The van der Waals surface area contributed by atoms with Gasteiger partial charge in [-0.2, -0.15) is 0 Å². The summed E-state index contributed by atoms with van der Waals surface area (Å²) < 4.78 is 5.57. The standard InChI is InChI=1S/C14H21NO/c1-2-12-3-5-13(6-4-12)14(7-9-15)8-10-16-11-14/h3-6H,2,7-11,15H2,1H3. The topological polar surface area (TPSA) is 35.2 Å². The van der Waals surface area contributed by atoms with Crippen LogP contribution in [0.1, 0.15) is 30.9 Å². The van der Waals surface area contributed by atoms with Crippen LogP contribution in [-0.2, 0) is 16.6 Å². The zero-order chi connectivity index (χ0) is 11.4. The first-order chi connectivity index (χ1) is 7.80. The number of benzene rings is 1.